The molecule has 0 N–H and O–H groups in total. The molecule has 31 heteroatoms. The van der Waals surface area contributed by atoms with E-state index in [1.807, 2.05) is 196 Å². The highest BCUT2D eigenvalue weighted by atomic mass is 16.5. The van der Waals surface area contributed by atoms with Crippen molar-refractivity contribution >= 4 is 39.8 Å². The van der Waals surface area contributed by atoms with E-state index in [2.05, 4.69) is 55.6 Å². The van der Waals surface area contributed by atoms with Crippen molar-refractivity contribution in [2.45, 2.75) is 79.7 Å². The molecule has 674 valence electrons. The lowest BCUT2D eigenvalue weighted by Gasteiger charge is -2.21. The summed E-state index contributed by atoms with van der Waals surface area (Å²) in [5, 5.41) is 62.8. The molecule has 0 aliphatic rings. The summed E-state index contributed by atoms with van der Waals surface area (Å²) in [4.78, 5) is 22.4. The van der Waals surface area contributed by atoms with E-state index in [-0.39, 0.29) is 22.5 Å². The monoisotopic (exact) mass is 1790 g/mol. The van der Waals surface area contributed by atoms with Crippen LogP contribution in [0.15, 0.2) is 285 Å². The molecule has 0 bridgehead atoms. The summed E-state index contributed by atoms with van der Waals surface area (Å²) in [6.07, 6.45) is 0. The van der Waals surface area contributed by atoms with Gasteiger partial charge in [0.15, 0.2) is 34.8 Å². The average Bonchev–Trinajstić information content (AvgIpc) is 0.817. The van der Waals surface area contributed by atoms with Crippen LogP contribution in [0.4, 0.5) is 39.8 Å². The van der Waals surface area contributed by atoms with Gasteiger partial charge in [-0.25, -0.2) is 0 Å². The SMILES string of the molecule is CCOc1ccc([N+]#N)c(OCC)c1.COc1cc(OC)c(C(C)(C)C)cc1[N+]#N.COc1cc(OC)c([N+]#N)c(OCc2ccccc2)c1.COc1cc(OCc2ccccc2)cc(OCc2ccccc2)c1[N+]#N.COc1ccc([N+]#N)c(OC)c1.COc1ccc([N+]#N)c(OC)c1.N#[N+]c1c(OCc2ccccc2)cc(OCc2ccccc2)cc1OCc1ccccc1. The molecule has 0 spiro atoms. The van der Waals surface area contributed by atoms with Crippen LogP contribution in [0.5, 0.6) is 97.7 Å². The molecular weight excluding hydrogens is 1680 g/mol. The minimum atomic E-state index is -0.0863. The van der Waals surface area contributed by atoms with Crippen molar-refractivity contribution in [3.8, 4) is 97.7 Å². The molecule has 0 aromatic heterocycles. The molecule has 0 heterocycles. The Bertz CT molecular complexity index is 5950. The van der Waals surface area contributed by atoms with E-state index in [0.717, 1.165) is 44.7 Å². The number of hydrogen-bond acceptors (Lipinski definition) is 24. The van der Waals surface area contributed by atoms with Gasteiger partial charge in [0.1, 0.15) is 79.9 Å². The fourth-order valence-electron chi connectivity index (χ4n) is 11.8. The Morgan fingerprint density at radius 3 is 0.735 bits per heavy atom. The van der Waals surface area contributed by atoms with E-state index in [0.29, 0.717) is 168 Å². The van der Waals surface area contributed by atoms with Gasteiger partial charge in [0.25, 0.3) is 0 Å². The molecule has 13 rings (SSSR count). The van der Waals surface area contributed by atoms with Crippen molar-refractivity contribution in [1.29, 1.82) is 37.7 Å². The summed E-state index contributed by atoms with van der Waals surface area (Å²) >= 11 is 0. The molecule has 31 nitrogen and oxygen atoms in total. The normalized spacial score (nSPS) is 9.78. The van der Waals surface area contributed by atoms with Gasteiger partial charge in [0.05, 0.1) is 77.2 Å². The van der Waals surface area contributed by atoms with Gasteiger partial charge >= 0.3 is 39.8 Å². The molecular formula is C101H105N14O17+7. The van der Waals surface area contributed by atoms with Crippen LogP contribution in [-0.2, 0) is 45.1 Å². The third-order valence-corrected chi connectivity index (χ3v) is 18.5. The molecule has 0 aliphatic carbocycles. The van der Waals surface area contributed by atoms with Gasteiger partial charge < -0.3 is 80.5 Å². The van der Waals surface area contributed by atoms with Crippen LogP contribution in [0.3, 0.4) is 0 Å². The molecule has 13 aromatic rings. The van der Waals surface area contributed by atoms with E-state index in [1.54, 1.807) is 132 Å². The fraction of sp³-hybridized carbons (Fsp3) is 0.228. The highest BCUT2D eigenvalue weighted by molar-refractivity contribution is 5.72. The van der Waals surface area contributed by atoms with Crippen molar-refractivity contribution in [3.05, 3.63) is 359 Å². The zero-order valence-electron chi connectivity index (χ0n) is 76.0. The van der Waals surface area contributed by atoms with Gasteiger partial charge in [-0.1, -0.05) is 203 Å². The first kappa shape index (κ1) is 101. The first-order valence-corrected chi connectivity index (χ1v) is 41.0. The average molecular weight is 1790 g/mol. The third-order valence-electron chi connectivity index (χ3n) is 18.5. The van der Waals surface area contributed by atoms with E-state index >= 15 is 0 Å². The summed E-state index contributed by atoms with van der Waals surface area (Å²) in [5.41, 5.74) is 9.29. The lowest BCUT2D eigenvalue weighted by atomic mass is 9.86. The Kier molecular flexibility index (Phi) is 42.8. The first-order chi connectivity index (χ1) is 64.3. The number of benzene rings is 13. The number of hydrogen-bond donors (Lipinski definition) is 0. The minimum Gasteiger partial charge on any atom is -0.497 e. The van der Waals surface area contributed by atoms with Crippen LogP contribution in [0, 0.1) is 37.7 Å². The van der Waals surface area contributed by atoms with Gasteiger partial charge in [-0.05, 0) is 70.8 Å². The Morgan fingerprint density at radius 1 is 0.205 bits per heavy atom. The molecule has 0 aliphatic heterocycles. The van der Waals surface area contributed by atoms with E-state index < -0.39 is 0 Å². The molecule has 0 radical (unpaired) electrons. The van der Waals surface area contributed by atoms with E-state index in [1.165, 1.54) is 35.5 Å². The van der Waals surface area contributed by atoms with E-state index in [4.69, 9.17) is 107 Å². The maximum atomic E-state index is 9.72. The summed E-state index contributed by atoms with van der Waals surface area (Å²) in [6.45, 7) is 13.3. The molecule has 132 heavy (non-hydrogen) atoms. The van der Waals surface area contributed by atoms with Crippen LogP contribution in [0.2, 0.25) is 0 Å². The highest BCUT2D eigenvalue weighted by Crippen LogP contribution is 2.46. The van der Waals surface area contributed by atoms with Crippen LogP contribution in [0.1, 0.15) is 73.6 Å². The summed E-state index contributed by atoms with van der Waals surface area (Å²) in [7, 11) is 13.8. The number of methoxy groups -OCH3 is 9. The molecule has 0 fully saturated rings. The summed E-state index contributed by atoms with van der Waals surface area (Å²) < 4.78 is 91.7. The second-order valence-electron chi connectivity index (χ2n) is 28.3. The molecule has 0 unspecified atom stereocenters. The second kappa shape index (κ2) is 55.7. The minimum absolute atomic E-state index is 0.0863. The van der Waals surface area contributed by atoms with Crippen molar-refractivity contribution in [3.63, 3.8) is 0 Å². The number of diazo groups is 7. The van der Waals surface area contributed by atoms with Crippen LogP contribution in [-0.4, -0.2) is 77.2 Å². The zero-order valence-corrected chi connectivity index (χ0v) is 76.0. The molecule has 0 saturated carbocycles. The van der Waals surface area contributed by atoms with Gasteiger partial charge in [0, 0.05) is 90.5 Å². The standard InChI is InChI=1S/C27H23N2O3.C21H19N2O3.C15H15N2O3.C12H17N2O2.C10H13N2O2.2C8H9N2O2/c28-29-27-25(31-19-22-12-6-2-7-13-22)16-24(30-18-21-10-4-1-5-11-21)17-26(27)32-20-23-14-8-3-9-15-23;1-24-19-12-18(25-14-16-8-4-2-5-9-16)13-20(21(19)23-22)26-15-17-10-6-3-7-11-17;1-18-12-8-13(19-2)15(17-16)14(9-12)20-10-11-6-4-3-5-7-11;1-12(2,3)8-6-9(14-13)11(16-5)7-10(8)15-4;1-3-13-8-5-6-9(12-11)10(7-8)14-4-2;2*1-11-6-3-4-7(10-9)8(5-6)12-2/h1-17H,18-20H2;2-13H,14-15H2,1H3;3-9H,10H2,1-2H3;6-7H,1-5H3;5-7H,3-4H2,1-2H3;2*3-5H,1-2H3/q7*+1. The fourth-order valence-corrected chi connectivity index (χ4v) is 11.8. The van der Waals surface area contributed by atoms with Crippen LogP contribution >= 0.6 is 0 Å². The Labute approximate surface area is 767 Å². The number of ether oxygens (including phenoxy) is 17. The van der Waals surface area contributed by atoms with Crippen LogP contribution in [0.25, 0.3) is 34.8 Å². The molecule has 0 atom stereocenters. The first-order valence-electron chi connectivity index (χ1n) is 41.0. The second-order valence-corrected chi connectivity index (χ2v) is 28.3. The van der Waals surface area contributed by atoms with Crippen molar-refractivity contribution < 1.29 is 80.5 Å². The third kappa shape index (κ3) is 32.4. The van der Waals surface area contributed by atoms with Crippen LogP contribution < -0.4 is 80.5 Å². The van der Waals surface area contributed by atoms with Gasteiger partial charge in [-0.15, -0.1) is 0 Å². The lowest BCUT2D eigenvalue weighted by molar-refractivity contribution is 0.277. The largest absolute Gasteiger partial charge is 0.497 e. The maximum absolute atomic E-state index is 9.72. The van der Waals surface area contributed by atoms with Gasteiger partial charge in [-0.2, -0.15) is 0 Å². The van der Waals surface area contributed by atoms with E-state index in [9.17, 15) is 10.8 Å². The lowest BCUT2D eigenvalue weighted by Crippen LogP contribution is -2.12. The van der Waals surface area contributed by atoms with Crippen molar-refractivity contribution in [2.75, 3.05) is 77.2 Å². The molecule has 0 saturated heterocycles. The summed E-state index contributed by atoms with van der Waals surface area (Å²) in [6, 6.07) is 87.4. The Morgan fingerprint density at radius 2 is 0.455 bits per heavy atom. The van der Waals surface area contributed by atoms with Gasteiger partial charge in [0.2, 0.25) is 95.2 Å². The highest BCUT2D eigenvalue weighted by Gasteiger charge is 2.31. The topological polar surface area (TPSA) is 354 Å². The van der Waals surface area contributed by atoms with Crippen molar-refractivity contribution in [1.82, 2.24) is 0 Å². The molecule has 13 aromatic carbocycles. The quantitative estimate of drug-likeness (QED) is 0.0364. The Balaban J connectivity index is 0.000000217. The predicted octanol–water partition coefficient (Wildman–Crippen LogP) is 26.8. The van der Waals surface area contributed by atoms with Gasteiger partial charge in [-0.3, -0.25) is 0 Å². The number of rotatable bonds is 31. The van der Waals surface area contributed by atoms with Crippen molar-refractivity contribution in [2.24, 2.45) is 0 Å². The zero-order chi connectivity index (χ0) is 95.3. The number of nitrogens with zero attached hydrogens (tertiary/aromatic N) is 14. The summed E-state index contributed by atoms with van der Waals surface area (Å²) in [5.74, 6) is 8.77. The predicted molar refractivity (Wildman–Crippen MR) is 503 cm³/mol. The smallest absolute Gasteiger partial charge is 0.467 e. The maximum Gasteiger partial charge on any atom is 0.467 e. The Hall–Kier alpha value is -17.6. The molecule has 0 amide bonds.